The van der Waals surface area contributed by atoms with Gasteiger partial charge in [0.05, 0.1) is 24.8 Å². The molecule has 0 unspecified atom stereocenters. The van der Waals surface area contributed by atoms with E-state index in [4.69, 9.17) is 4.74 Å². The van der Waals surface area contributed by atoms with Crippen molar-refractivity contribution in [3.8, 4) is 0 Å². The van der Waals surface area contributed by atoms with Gasteiger partial charge in [-0.15, -0.1) is 5.10 Å². The molecule has 1 aromatic carbocycles. The van der Waals surface area contributed by atoms with Gasteiger partial charge in [-0.2, -0.15) is 0 Å². The summed E-state index contributed by atoms with van der Waals surface area (Å²) in [6.45, 7) is 2.47. The number of benzene rings is 1. The second-order valence-corrected chi connectivity index (χ2v) is 7.32. The summed E-state index contributed by atoms with van der Waals surface area (Å²) in [5.41, 5.74) is -0.0380. The summed E-state index contributed by atoms with van der Waals surface area (Å²) in [6, 6.07) is 2.35. The van der Waals surface area contributed by atoms with E-state index in [-0.39, 0.29) is 36.4 Å². The Morgan fingerprint density at radius 1 is 1.27 bits per heavy atom. The van der Waals surface area contributed by atoms with Crippen LogP contribution in [0.15, 0.2) is 18.5 Å². The third kappa shape index (κ3) is 4.02. The summed E-state index contributed by atoms with van der Waals surface area (Å²) in [7, 11) is 0. The highest BCUT2D eigenvalue weighted by Crippen LogP contribution is 2.33. The van der Waals surface area contributed by atoms with Crippen LogP contribution in [-0.4, -0.2) is 64.5 Å². The standard InChI is InChI=1S/C18H21F2N7O3/c1-11(28)21-8-14-9-26(18(29)30-14)13-6-15(19)17(16(20)7-13)25-4-2-12(3-5-25)27-10-22-23-24-27/h6-7,10,12,14H,2-5,8-9H2,1H3,(H,21,28)/t14-/m0/s1. The second kappa shape index (κ2) is 8.20. The number of aromatic nitrogens is 4. The molecule has 4 rings (SSSR count). The molecule has 10 nitrogen and oxygen atoms in total. The van der Waals surface area contributed by atoms with Gasteiger partial charge in [-0.1, -0.05) is 0 Å². The Balaban J connectivity index is 1.45. The Hall–Kier alpha value is -3.31. The first-order valence-electron chi connectivity index (χ1n) is 9.61. The third-order valence-electron chi connectivity index (χ3n) is 5.29. The summed E-state index contributed by atoms with van der Waals surface area (Å²) in [5.74, 6) is -1.75. The Kier molecular flexibility index (Phi) is 5.46. The van der Waals surface area contributed by atoms with Crippen molar-refractivity contribution in [2.24, 2.45) is 0 Å². The Morgan fingerprint density at radius 3 is 2.57 bits per heavy atom. The molecule has 12 heteroatoms. The quantitative estimate of drug-likeness (QED) is 0.775. The number of halogens is 2. The van der Waals surface area contributed by atoms with E-state index >= 15 is 0 Å². The van der Waals surface area contributed by atoms with Crippen LogP contribution >= 0.6 is 0 Å². The van der Waals surface area contributed by atoms with E-state index in [9.17, 15) is 18.4 Å². The normalized spacial score (nSPS) is 19.8. The van der Waals surface area contributed by atoms with E-state index in [1.54, 1.807) is 9.58 Å². The molecule has 160 valence electrons. The average molecular weight is 421 g/mol. The van der Waals surface area contributed by atoms with Crippen molar-refractivity contribution < 1.29 is 23.1 Å². The molecule has 2 aliphatic heterocycles. The summed E-state index contributed by atoms with van der Waals surface area (Å²) >= 11 is 0. The first-order chi connectivity index (χ1) is 14.4. The largest absolute Gasteiger partial charge is 0.442 e. The highest BCUT2D eigenvalue weighted by atomic mass is 19.1. The zero-order chi connectivity index (χ0) is 21.3. The van der Waals surface area contributed by atoms with Crippen LogP contribution in [0.1, 0.15) is 25.8 Å². The number of amides is 2. The van der Waals surface area contributed by atoms with Crippen molar-refractivity contribution in [1.82, 2.24) is 25.5 Å². The SMILES string of the molecule is CC(=O)NC[C@H]1CN(c2cc(F)c(N3CCC(n4cnnn4)CC3)c(F)c2)C(=O)O1. The predicted octanol–water partition coefficient (Wildman–Crippen LogP) is 1.25. The lowest BCUT2D eigenvalue weighted by atomic mass is 10.0. The lowest BCUT2D eigenvalue weighted by Crippen LogP contribution is -2.36. The molecule has 2 aliphatic rings. The average Bonchev–Trinajstić information content (AvgIpc) is 3.36. The van der Waals surface area contributed by atoms with Gasteiger partial charge in [0, 0.05) is 32.1 Å². The third-order valence-corrected chi connectivity index (χ3v) is 5.29. The zero-order valence-electron chi connectivity index (χ0n) is 16.3. The summed E-state index contributed by atoms with van der Waals surface area (Å²) < 4.78 is 36.5. The van der Waals surface area contributed by atoms with Crippen molar-refractivity contribution in [2.45, 2.75) is 31.9 Å². The van der Waals surface area contributed by atoms with Gasteiger partial charge < -0.3 is 15.0 Å². The molecule has 1 atom stereocenters. The van der Waals surface area contributed by atoms with E-state index < -0.39 is 23.8 Å². The lowest BCUT2D eigenvalue weighted by Gasteiger charge is -2.33. The minimum atomic E-state index is -0.746. The number of hydrogen-bond acceptors (Lipinski definition) is 7. The Labute approximate surface area is 170 Å². The minimum Gasteiger partial charge on any atom is -0.442 e. The molecular weight excluding hydrogens is 400 g/mol. The van der Waals surface area contributed by atoms with Gasteiger partial charge in [-0.3, -0.25) is 9.69 Å². The number of rotatable bonds is 5. The van der Waals surface area contributed by atoms with Crippen LogP contribution in [0.3, 0.4) is 0 Å². The number of hydrogen-bond donors (Lipinski definition) is 1. The van der Waals surface area contributed by atoms with Crippen molar-refractivity contribution in [3.63, 3.8) is 0 Å². The van der Waals surface area contributed by atoms with Crippen molar-refractivity contribution >= 4 is 23.4 Å². The van der Waals surface area contributed by atoms with Crippen LogP contribution in [0.4, 0.5) is 25.0 Å². The van der Waals surface area contributed by atoms with Crippen molar-refractivity contribution in [3.05, 3.63) is 30.1 Å². The molecule has 2 saturated heterocycles. The number of carbonyl (C=O) groups excluding carboxylic acids is 2. The minimum absolute atomic E-state index is 0.0765. The Bertz CT molecular complexity index is 909. The van der Waals surface area contributed by atoms with Gasteiger partial charge in [0.1, 0.15) is 18.1 Å². The smallest absolute Gasteiger partial charge is 0.414 e. The molecule has 2 aromatic rings. The van der Waals surface area contributed by atoms with Gasteiger partial charge in [0.15, 0.2) is 11.6 Å². The molecule has 1 aromatic heterocycles. The maximum Gasteiger partial charge on any atom is 0.414 e. The number of cyclic esters (lactones) is 1. The summed E-state index contributed by atoms with van der Waals surface area (Å²) in [6.07, 6.45) is 1.53. The predicted molar refractivity (Wildman–Crippen MR) is 101 cm³/mol. The van der Waals surface area contributed by atoms with E-state index in [1.807, 2.05) is 0 Å². The molecule has 30 heavy (non-hydrogen) atoms. The van der Waals surface area contributed by atoms with Gasteiger partial charge in [0.2, 0.25) is 5.91 Å². The lowest BCUT2D eigenvalue weighted by molar-refractivity contribution is -0.119. The maximum absolute atomic E-state index is 14.8. The molecule has 3 heterocycles. The molecule has 0 spiro atoms. The molecular formula is C18H21F2N7O3. The van der Waals surface area contributed by atoms with Crippen LogP contribution in [0, 0.1) is 11.6 Å². The zero-order valence-corrected chi connectivity index (χ0v) is 16.3. The summed E-state index contributed by atoms with van der Waals surface area (Å²) in [4.78, 5) is 25.9. The maximum atomic E-state index is 14.8. The number of nitrogens with zero attached hydrogens (tertiary/aromatic N) is 6. The monoisotopic (exact) mass is 421 g/mol. The number of carbonyl (C=O) groups is 2. The van der Waals surface area contributed by atoms with Crippen LogP contribution in [0.25, 0.3) is 0 Å². The topological polar surface area (TPSA) is 105 Å². The van der Waals surface area contributed by atoms with Crippen LogP contribution in [-0.2, 0) is 9.53 Å². The summed E-state index contributed by atoms with van der Waals surface area (Å²) in [5, 5.41) is 13.7. The number of ether oxygens (including phenoxy) is 1. The first kappa shape index (κ1) is 20.0. The van der Waals surface area contributed by atoms with Gasteiger partial charge in [0.25, 0.3) is 0 Å². The van der Waals surface area contributed by atoms with E-state index in [0.717, 1.165) is 17.0 Å². The highest BCUT2D eigenvalue weighted by molar-refractivity contribution is 5.90. The van der Waals surface area contributed by atoms with E-state index in [2.05, 4.69) is 20.8 Å². The highest BCUT2D eigenvalue weighted by Gasteiger charge is 2.34. The fourth-order valence-corrected chi connectivity index (χ4v) is 3.80. The Morgan fingerprint density at radius 2 is 1.97 bits per heavy atom. The van der Waals surface area contributed by atoms with Gasteiger partial charge in [-0.25, -0.2) is 18.3 Å². The second-order valence-electron chi connectivity index (χ2n) is 7.32. The van der Waals surface area contributed by atoms with Gasteiger partial charge in [-0.05, 0) is 23.3 Å². The van der Waals surface area contributed by atoms with Crippen molar-refractivity contribution in [1.29, 1.82) is 0 Å². The number of nitrogens with one attached hydrogen (secondary N) is 1. The van der Waals surface area contributed by atoms with Gasteiger partial charge >= 0.3 is 6.09 Å². The first-order valence-corrected chi connectivity index (χ1v) is 9.61. The number of tetrazole rings is 1. The van der Waals surface area contributed by atoms with Crippen LogP contribution < -0.4 is 15.1 Å². The number of piperidine rings is 1. The molecule has 0 radical (unpaired) electrons. The fraction of sp³-hybridized carbons (Fsp3) is 0.500. The van der Waals surface area contributed by atoms with Crippen LogP contribution in [0.5, 0.6) is 0 Å². The van der Waals surface area contributed by atoms with E-state index in [1.165, 1.54) is 13.3 Å². The van der Waals surface area contributed by atoms with Crippen LogP contribution in [0.2, 0.25) is 0 Å². The molecule has 0 saturated carbocycles. The van der Waals surface area contributed by atoms with Crippen molar-refractivity contribution in [2.75, 3.05) is 36.0 Å². The molecule has 1 N–H and O–H groups in total. The van der Waals surface area contributed by atoms with E-state index in [0.29, 0.717) is 25.9 Å². The fourth-order valence-electron chi connectivity index (χ4n) is 3.80. The molecule has 2 fully saturated rings. The molecule has 0 bridgehead atoms. The molecule has 2 amide bonds. The molecule has 0 aliphatic carbocycles. The number of anilines is 2.